The summed E-state index contributed by atoms with van der Waals surface area (Å²) in [5, 5.41) is 26.1. The topological polar surface area (TPSA) is 236 Å². The van der Waals surface area contributed by atoms with E-state index in [0.717, 1.165) is 38.5 Å². The lowest BCUT2D eigenvalue weighted by atomic mass is 10.0. The number of aldehydes is 1. The van der Waals surface area contributed by atoms with Gasteiger partial charge in [0.05, 0.1) is 18.7 Å². The molecular formula is C37H59N7O8. The number of unbranched alkanes of at least 4 members (excludes halogenated alkanes) is 15. The van der Waals surface area contributed by atoms with Gasteiger partial charge in [0, 0.05) is 55.9 Å². The van der Waals surface area contributed by atoms with Crippen LogP contribution in [0.15, 0.2) is 25.0 Å². The number of rotatable bonds is 32. The lowest BCUT2D eigenvalue weighted by molar-refractivity contribution is -0.142. The van der Waals surface area contributed by atoms with Crippen LogP contribution in [-0.2, 0) is 41.6 Å². The molecule has 15 heteroatoms. The van der Waals surface area contributed by atoms with E-state index in [1.807, 2.05) is 0 Å². The molecule has 0 bridgehead atoms. The number of hydrogen-bond acceptors (Lipinski definition) is 8. The Morgan fingerprint density at radius 1 is 0.596 bits per heavy atom. The second-order valence-corrected chi connectivity index (χ2v) is 13.5. The Labute approximate surface area is 306 Å². The van der Waals surface area contributed by atoms with Gasteiger partial charge in [0.25, 0.3) is 0 Å². The van der Waals surface area contributed by atoms with Crippen LogP contribution < -0.4 is 16.0 Å². The summed E-state index contributed by atoms with van der Waals surface area (Å²) in [7, 11) is 0. The van der Waals surface area contributed by atoms with Crippen molar-refractivity contribution in [1.29, 1.82) is 0 Å². The van der Waals surface area contributed by atoms with Gasteiger partial charge in [-0.1, -0.05) is 89.9 Å². The highest BCUT2D eigenvalue weighted by molar-refractivity contribution is 5.90. The Bertz CT molecular complexity index is 1300. The first-order valence-electron chi connectivity index (χ1n) is 18.9. The molecule has 0 aliphatic heterocycles. The first kappa shape index (κ1) is 43.6. The molecule has 0 spiro atoms. The average molecular weight is 730 g/mol. The number of H-pyrrole nitrogens is 2. The lowest BCUT2D eigenvalue weighted by Gasteiger charge is -2.21. The van der Waals surface area contributed by atoms with Crippen molar-refractivity contribution in [3.05, 3.63) is 36.4 Å². The van der Waals surface area contributed by atoms with Gasteiger partial charge in [-0.25, -0.2) is 14.8 Å². The van der Waals surface area contributed by atoms with Gasteiger partial charge in [-0.3, -0.25) is 19.2 Å². The summed E-state index contributed by atoms with van der Waals surface area (Å²) in [4.78, 5) is 86.0. The minimum Gasteiger partial charge on any atom is -0.481 e. The van der Waals surface area contributed by atoms with Crippen molar-refractivity contribution in [2.45, 2.75) is 159 Å². The van der Waals surface area contributed by atoms with Crippen molar-refractivity contribution in [2.24, 2.45) is 0 Å². The first-order valence-corrected chi connectivity index (χ1v) is 18.9. The van der Waals surface area contributed by atoms with E-state index in [1.165, 1.54) is 82.8 Å². The summed E-state index contributed by atoms with van der Waals surface area (Å²) >= 11 is 0. The van der Waals surface area contributed by atoms with Gasteiger partial charge in [-0.05, 0) is 19.3 Å². The third-order valence-electron chi connectivity index (χ3n) is 8.96. The maximum atomic E-state index is 13.1. The molecule has 3 amide bonds. The zero-order chi connectivity index (χ0) is 37.8. The van der Waals surface area contributed by atoms with Crippen LogP contribution in [0.1, 0.15) is 140 Å². The zero-order valence-corrected chi connectivity index (χ0v) is 30.4. The van der Waals surface area contributed by atoms with Crippen LogP contribution >= 0.6 is 0 Å². The number of imidazole rings is 2. The Morgan fingerprint density at radius 3 is 1.48 bits per heavy atom. The maximum Gasteiger partial charge on any atom is 0.326 e. The van der Waals surface area contributed by atoms with E-state index in [4.69, 9.17) is 5.11 Å². The molecule has 2 heterocycles. The summed E-state index contributed by atoms with van der Waals surface area (Å²) in [6.07, 6.45) is 24.5. The number of carbonyl (C=O) groups excluding carboxylic acids is 4. The Morgan fingerprint density at radius 2 is 1.04 bits per heavy atom. The fourth-order valence-corrected chi connectivity index (χ4v) is 5.98. The Hall–Kier alpha value is -4.56. The molecule has 15 nitrogen and oxygen atoms in total. The van der Waals surface area contributed by atoms with Crippen molar-refractivity contribution in [2.75, 3.05) is 0 Å². The van der Waals surface area contributed by atoms with Gasteiger partial charge in [-0.15, -0.1) is 0 Å². The minimum atomic E-state index is -1.25. The van der Waals surface area contributed by atoms with Crippen LogP contribution in [0, 0.1) is 0 Å². The van der Waals surface area contributed by atoms with E-state index < -0.39 is 41.9 Å². The van der Waals surface area contributed by atoms with Gasteiger partial charge < -0.3 is 40.9 Å². The normalized spacial score (nSPS) is 12.8. The van der Waals surface area contributed by atoms with Gasteiger partial charge in [-0.2, -0.15) is 0 Å². The molecule has 0 unspecified atom stereocenters. The second kappa shape index (κ2) is 27.1. The van der Waals surface area contributed by atoms with E-state index in [1.54, 1.807) is 0 Å². The molecule has 52 heavy (non-hydrogen) atoms. The molecule has 0 saturated heterocycles. The molecule has 7 N–H and O–H groups in total. The highest BCUT2D eigenvalue weighted by atomic mass is 16.4. The van der Waals surface area contributed by atoms with Crippen LogP contribution in [-0.4, -0.2) is 84.2 Å². The number of aromatic amines is 2. The molecule has 2 rings (SSSR count). The smallest absolute Gasteiger partial charge is 0.326 e. The third kappa shape index (κ3) is 21.0. The maximum absolute atomic E-state index is 13.1. The SMILES string of the molecule is O=C[C@H](Cc1cnc[nH]1)NC(=O)[C@H](Cc1cnc[nH]1)NC(=O)CC[C@H](NC(=O)CCCCCCCCCCCCCCCCCCC(=O)O)C(=O)O. The van der Waals surface area contributed by atoms with E-state index in [9.17, 15) is 33.9 Å². The van der Waals surface area contributed by atoms with E-state index in [2.05, 4.69) is 35.9 Å². The molecule has 3 atom stereocenters. The number of hydrogen-bond donors (Lipinski definition) is 7. The van der Waals surface area contributed by atoms with Gasteiger partial charge in [0.1, 0.15) is 18.4 Å². The first-order chi connectivity index (χ1) is 25.2. The number of aliphatic carboxylic acids is 2. The summed E-state index contributed by atoms with van der Waals surface area (Å²) in [6, 6.07) is -3.17. The number of carbonyl (C=O) groups is 6. The number of amides is 3. The lowest BCUT2D eigenvalue weighted by Crippen LogP contribution is -2.52. The summed E-state index contributed by atoms with van der Waals surface area (Å²) < 4.78 is 0. The summed E-state index contributed by atoms with van der Waals surface area (Å²) in [5.41, 5.74) is 1.22. The van der Waals surface area contributed by atoms with Crippen LogP contribution in [0.25, 0.3) is 0 Å². The molecule has 2 aromatic heterocycles. The Balaban J connectivity index is 1.58. The van der Waals surface area contributed by atoms with Gasteiger partial charge in [0.2, 0.25) is 17.7 Å². The standard InChI is InChI=1S/C37H59N7O8/c45-25-30(21-28-23-38-26-40-28)42-36(50)32(22-29-24-39-27-41-29)44-34(47)20-19-31(37(51)52)43-33(46)17-15-13-11-9-7-5-3-1-2-4-6-8-10-12-14-16-18-35(48)49/h23-27,30-32H,1-22H2,(H,38,40)(H,39,41)(H,42,50)(H,43,46)(H,44,47)(H,48,49)(H,51,52)/t30-,31-,32-/m0/s1. The molecule has 0 aliphatic carbocycles. The fraction of sp³-hybridized carbons (Fsp3) is 0.676. The summed E-state index contributed by atoms with van der Waals surface area (Å²) in [5.74, 6) is -3.49. The van der Waals surface area contributed by atoms with E-state index >= 15 is 0 Å². The van der Waals surface area contributed by atoms with Crippen molar-refractivity contribution in [3.8, 4) is 0 Å². The van der Waals surface area contributed by atoms with Crippen molar-refractivity contribution >= 4 is 35.9 Å². The Kier molecular flexibility index (Phi) is 22.8. The minimum absolute atomic E-state index is 0.0636. The number of carboxylic acid groups (broad SMARTS) is 2. The van der Waals surface area contributed by atoms with Crippen LogP contribution in [0.3, 0.4) is 0 Å². The van der Waals surface area contributed by atoms with E-state index in [-0.39, 0.29) is 44.4 Å². The zero-order valence-electron chi connectivity index (χ0n) is 30.4. The van der Waals surface area contributed by atoms with E-state index in [0.29, 0.717) is 24.1 Å². The second-order valence-electron chi connectivity index (χ2n) is 13.5. The molecule has 0 aliphatic rings. The number of carboxylic acids is 2. The molecule has 0 radical (unpaired) electrons. The molecule has 0 fully saturated rings. The van der Waals surface area contributed by atoms with Crippen molar-refractivity contribution in [1.82, 2.24) is 35.9 Å². The number of nitrogens with one attached hydrogen (secondary N) is 5. The highest BCUT2D eigenvalue weighted by Gasteiger charge is 2.26. The monoisotopic (exact) mass is 729 g/mol. The summed E-state index contributed by atoms with van der Waals surface area (Å²) in [6.45, 7) is 0. The highest BCUT2D eigenvalue weighted by Crippen LogP contribution is 2.15. The van der Waals surface area contributed by atoms with Crippen molar-refractivity contribution in [3.63, 3.8) is 0 Å². The number of nitrogens with zero attached hydrogens (tertiary/aromatic N) is 2. The van der Waals surface area contributed by atoms with Crippen LogP contribution in [0.4, 0.5) is 0 Å². The molecule has 2 aromatic rings. The third-order valence-corrected chi connectivity index (χ3v) is 8.96. The molecular weight excluding hydrogens is 670 g/mol. The quantitative estimate of drug-likeness (QED) is 0.0410. The predicted octanol–water partition coefficient (Wildman–Crippen LogP) is 4.54. The average Bonchev–Trinajstić information content (AvgIpc) is 3.83. The molecule has 0 saturated carbocycles. The fourth-order valence-electron chi connectivity index (χ4n) is 5.98. The molecule has 0 aromatic carbocycles. The largest absolute Gasteiger partial charge is 0.481 e. The number of aromatic nitrogens is 4. The van der Waals surface area contributed by atoms with Crippen LogP contribution in [0.5, 0.6) is 0 Å². The predicted molar refractivity (Wildman–Crippen MR) is 194 cm³/mol. The molecule has 290 valence electrons. The van der Waals surface area contributed by atoms with Crippen molar-refractivity contribution < 1.29 is 39.0 Å². The van der Waals surface area contributed by atoms with Gasteiger partial charge >= 0.3 is 11.9 Å². The van der Waals surface area contributed by atoms with Crippen LogP contribution in [0.2, 0.25) is 0 Å². The van der Waals surface area contributed by atoms with Gasteiger partial charge in [0.15, 0.2) is 0 Å².